The van der Waals surface area contributed by atoms with Crippen molar-refractivity contribution in [1.29, 1.82) is 0 Å². The van der Waals surface area contributed by atoms with E-state index in [-0.39, 0.29) is 23.3 Å². The van der Waals surface area contributed by atoms with Crippen molar-refractivity contribution in [1.82, 2.24) is 9.62 Å². The van der Waals surface area contributed by atoms with Crippen LogP contribution in [-0.4, -0.2) is 30.6 Å². The van der Waals surface area contributed by atoms with Gasteiger partial charge in [0, 0.05) is 27.1 Å². The van der Waals surface area contributed by atoms with Crippen LogP contribution in [0.3, 0.4) is 0 Å². The molecule has 1 heterocycles. The number of rotatable bonds is 9. The monoisotopic (exact) mass is 667 g/mol. The first-order chi connectivity index (χ1) is 21.0. The smallest absolute Gasteiger partial charge is 0.249 e. The van der Waals surface area contributed by atoms with E-state index in [1.807, 2.05) is 30.3 Å². The van der Waals surface area contributed by atoms with E-state index in [0.29, 0.717) is 26.2 Å². The number of nitrogens with zero attached hydrogens (tertiary/aromatic N) is 1. The molecule has 1 aliphatic rings. The second-order valence-corrected chi connectivity index (χ2v) is 13.5. The predicted octanol–water partition coefficient (Wildman–Crippen LogP) is 6.66. The third-order valence-corrected chi connectivity index (χ3v) is 10.0. The summed E-state index contributed by atoms with van der Waals surface area (Å²) in [4.78, 5) is 26.5. The third kappa shape index (κ3) is 7.01. The molecular weight excluding hydrogens is 641 g/mol. The molecule has 0 aliphatic carbocycles. The molecule has 4 aromatic rings. The van der Waals surface area contributed by atoms with Gasteiger partial charge >= 0.3 is 0 Å². The molecule has 4 aromatic carbocycles. The summed E-state index contributed by atoms with van der Waals surface area (Å²) in [5, 5.41) is 3.92. The molecule has 226 valence electrons. The summed E-state index contributed by atoms with van der Waals surface area (Å²) in [6, 6.07) is 25.7. The zero-order valence-corrected chi connectivity index (χ0v) is 26.3. The largest absolute Gasteiger partial charge is 0.368 e. The summed E-state index contributed by atoms with van der Waals surface area (Å²) < 4.78 is 30.4. The minimum absolute atomic E-state index is 0.0123. The molecule has 0 fully saturated rings. The second-order valence-electron chi connectivity index (χ2n) is 10.3. The second kappa shape index (κ2) is 13.5. The van der Waals surface area contributed by atoms with Crippen molar-refractivity contribution in [2.75, 3.05) is 0 Å². The van der Waals surface area contributed by atoms with E-state index < -0.39 is 40.0 Å². The number of hydrogen-bond donors (Lipinski definition) is 2. The zero-order chi connectivity index (χ0) is 31.4. The lowest BCUT2D eigenvalue weighted by Gasteiger charge is -2.41. The topological polar surface area (TPSA) is 110 Å². The van der Waals surface area contributed by atoms with Crippen LogP contribution in [0.25, 0.3) is 0 Å². The van der Waals surface area contributed by atoms with Gasteiger partial charge in [-0.1, -0.05) is 95.5 Å². The van der Waals surface area contributed by atoms with Gasteiger partial charge in [0.1, 0.15) is 6.04 Å². The standard InChI is InChI=1S/C33H28Cl3N3O4S/c34-24-12-14-27(15-13-24)44(42,43)39-30(22-8-4-10-25(35)19-22)17-16-28(31(39)23-9-5-11-26(36)20-23)33(41)38-29(32(37)40)18-21-6-2-1-3-7-21/h1-16,19-20,29-31H,17-18H2,(H2,37,40)(H,38,41). The van der Waals surface area contributed by atoms with Gasteiger partial charge in [0.2, 0.25) is 21.8 Å². The molecule has 0 bridgehead atoms. The van der Waals surface area contributed by atoms with Crippen LogP contribution in [-0.2, 0) is 26.0 Å². The molecule has 2 amide bonds. The number of carbonyl (C=O) groups excluding carboxylic acids is 2. The first-order valence-corrected chi connectivity index (χ1v) is 16.3. The van der Waals surface area contributed by atoms with E-state index in [9.17, 15) is 18.0 Å². The summed E-state index contributed by atoms with van der Waals surface area (Å²) in [5.74, 6) is -1.35. The van der Waals surface area contributed by atoms with Gasteiger partial charge in [-0.15, -0.1) is 0 Å². The Morgan fingerprint density at radius 1 is 0.818 bits per heavy atom. The number of primary amides is 1. The predicted molar refractivity (Wildman–Crippen MR) is 173 cm³/mol. The van der Waals surface area contributed by atoms with Crippen LogP contribution in [0.15, 0.2) is 120 Å². The molecule has 0 radical (unpaired) electrons. The maximum atomic E-state index is 14.6. The van der Waals surface area contributed by atoms with Gasteiger partial charge in [-0.05, 0) is 71.6 Å². The number of sulfonamides is 1. The van der Waals surface area contributed by atoms with E-state index in [1.54, 1.807) is 54.6 Å². The minimum atomic E-state index is -4.28. The summed E-state index contributed by atoms with van der Waals surface area (Å²) in [6.45, 7) is 0. The molecule has 1 aliphatic heterocycles. The van der Waals surface area contributed by atoms with Crippen molar-refractivity contribution in [3.05, 3.63) is 147 Å². The number of hydrogen-bond acceptors (Lipinski definition) is 4. The molecule has 7 nitrogen and oxygen atoms in total. The van der Waals surface area contributed by atoms with Crippen molar-refractivity contribution >= 4 is 56.6 Å². The first kappa shape index (κ1) is 31.8. The normalized spacial score (nSPS) is 17.8. The van der Waals surface area contributed by atoms with Crippen molar-refractivity contribution in [3.63, 3.8) is 0 Å². The summed E-state index contributed by atoms with van der Waals surface area (Å²) in [7, 11) is -4.28. The molecule has 5 rings (SSSR count). The number of benzene rings is 4. The van der Waals surface area contributed by atoms with Crippen molar-refractivity contribution < 1.29 is 18.0 Å². The molecule has 3 N–H and O–H groups in total. The van der Waals surface area contributed by atoms with E-state index in [4.69, 9.17) is 40.5 Å². The SMILES string of the molecule is NC(=O)C(Cc1ccccc1)NC(=O)C1=CCC(c2cccc(Cl)c2)N(S(=O)(=O)c2ccc(Cl)cc2)C1c1cccc(Cl)c1. The van der Waals surface area contributed by atoms with E-state index >= 15 is 0 Å². The molecule has 3 unspecified atom stereocenters. The van der Waals surface area contributed by atoms with E-state index in [0.717, 1.165) is 5.56 Å². The fourth-order valence-electron chi connectivity index (χ4n) is 5.34. The molecule has 0 spiro atoms. The van der Waals surface area contributed by atoms with Crippen LogP contribution >= 0.6 is 34.8 Å². The van der Waals surface area contributed by atoms with Crippen molar-refractivity contribution in [2.45, 2.75) is 35.9 Å². The summed E-state index contributed by atoms with van der Waals surface area (Å²) in [6.07, 6.45) is 2.00. The number of carbonyl (C=O) groups is 2. The number of halogens is 3. The Labute approximate surface area is 271 Å². The van der Waals surface area contributed by atoms with Crippen LogP contribution in [0.5, 0.6) is 0 Å². The summed E-state index contributed by atoms with van der Waals surface area (Å²) >= 11 is 18.8. The highest BCUT2D eigenvalue weighted by molar-refractivity contribution is 7.89. The molecule has 44 heavy (non-hydrogen) atoms. The van der Waals surface area contributed by atoms with Gasteiger partial charge in [0.15, 0.2) is 0 Å². The van der Waals surface area contributed by atoms with Crippen LogP contribution in [0, 0.1) is 0 Å². The Kier molecular flexibility index (Phi) is 9.78. The van der Waals surface area contributed by atoms with Crippen LogP contribution < -0.4 is 11.1 Å². The number of amides is 2. The van der Waals surface area contributed by atoms with Crippen molar-refractivity contribution in [3.8, 4) is 0 Å². The van der Waals surface area contributed by atoms with Gasteiger partial charge in [0.25, 0.3) is 0 Å². The maximum absolute atomic E-state index is 14.6. The highest BCUT2D eigenvalue weighted by Crippen LogP contribution is 2.46. The highest BCUT2D eigenvalue weighted by Gasteiger charge is 2.45. The van der Waals surface area contributed by atoms with Crippen LogP contribution in [0.4, 0.5) is 0 Å². The lowest BCUT2D eigenvalue weighted by molar-refractivity contribution is -0.125. The summed E-state index contributed by atoms with van der Waals surface area (Å²) in [5.41, 5.74) is 7.73. The Morgan fingerprint density at radius 2 is 1.43 bits per heavy atom. The minimum Gasteiger partial charge on any atom is -0.368 e. The van der Waals surface area contributed by atoms with Crippen molar-refractivity contribution in [2.24, 2.45) is 5.73 Å². The van der Waals surface area contributed by atoms with Crippen LogP contribution in [0.1, 0.15) is 35.2 Å². The number of nitrogens with two attached hydrogens (primary N) is 1. The van der Waals surface area contributed by atoms with Crippen LogP contribution in [0.2, 0.25) is 15.1 Å². The maximum Gasteiger partial charge on any atom is 0.249 e. The third-order valence-electron chi connectivity index (χ3n) is 7.40. The molecule has 0 saturated carbocycles. The molecule has 3 atom stereocenters. The molecular formula is C33H28Cl3N3O4S. The first-order valence-electron chi connectivity index (χ1n) is 13.7. The molecule has 11 heteroatoms. The number of nitrogens with one attached hydrogen (secondary N) is 1. The Morgan fingerprint density at radius 3 is 2.05 bits per heavy atom. The molecule has 0 saturated heterocycles. The van der Waals surface area contributed by atoms with E-state index in [2.05, 4.69) is 5.32 Å². The highest BCUT2D eigenvalue weighted by atomic mass is 35.5. The lowest BCUT2D eigenvalue weighted by atomic mass is 9.88. The average molecular weight is 669 g/mol. The van der Waals surface area contributed by atoms with E-state index in [1.165, 1.54) is 28.6 Å². The quantitative estimate of drug-likeness (QED) is 0.208. The fourth-order valence-corrected chi connectivity index (χ4v) is 7.64. The van der Waals surface area contributed by atoms with Gasteiger partial charge in [-0.2, -0.15) is 4.31 Å². The Hall–Kier alpha value is -3.66. The fraction of sp³-hybridized carbons (Fsp3) is 0.152. The average Bonchev–Trinajstić information content (AvgIpc) is 3.00. The van der Waals surface area contributed by atoms with Gasteiger partial charge < -0.3 is 11.1 Å². The Balaban J connectivity index is 1.65. The zero-order valence-electron chi connectivity index (χ0n) is 23.2. The molecule has 0 aromatic heterocycles. The van der Waals surface area contributed by atoms with Gasteiger partial charge in [0.05, 0.1) is 17.0 Å². The van der Waals surface area contributed by atoms with Gasteiger partial charge in [-0.25, -0.2) is 8.42 Å². The lowest BCUT2D eigenvalue weighted by Crippen LogP contribution is -2.49. The van der Waals surface area contributed by atoms with Gasteiger partial charge in [-0.3, -0.25) is 9.59 Å². The Bertz CT molecular complexity index is 1820.